The number of esters is 1. The number of hydrazone groups is 1. The van der Waals surface area contributed by atoms with Gasteiger partial charge in [0.05, 0.1) is 20.4 Å². The van der Waals surface area contributed by atoms with Crippen molar-refractivity contribution in [3.8, 4) is 17.2 Å². The summed E-state index contributed by atoms with van der Waals surface area (Å²) in [6, 6.07) is 5.22. The van der Waals surface area contributed by atoms with Crippen molar-refractivity contribution in [1.29, 1.82) is 0 Å². The first kappa shape index (κ1) is 18.2. The Kier molecular flexibility index (Phi) is 5.89. The lowest BCUT2D eigenvalue weighted by Crippen LogP contribution is -2.05. The average molecular weight is 344 g/mol. The molecule has 132 valence electrons. The fourth-order valence-corrected chi connectivity index (χ4v) is 2.16. The van der Waals surface area contributed by atoms with Gasteiger partial charge in [-0.25, -0.2) is 15.4 Å². The zero-order valence-corrected chi connectivity index (χ0v) is 14.8. The highest BCUT2D eigenvalue weighted by Gasteiger charge is 2.15. The molecule has 1 heterocycles. The first-order valence-electron chi connectivity index (χ1n) is 7.48. The first-order valence-corrected chi connectivity index (χ1v) is 7.48. The van der Waals surface area contributed by atoms with E-state index in [4.69, 9.17) is 14.2 Å². The van der Waals surface area contributed by atoms with E-state index in [1.165, 1.54) is 21.1 Å². The van der Waals surface area contributed by atoms with Crippen molar-refractivity contribution in [2.75, 3.05) is 19.6 Å². The molecule has 0 aliphatic rings. The molecule has 0 unspecified atom stereocenters. The van der Waals surface area contributed by atoms with E-state index in [1.807, 2.05) is 19.9 Å². The van der Waals surface area contributed by atoms with Gasteiger partial charge < -0.3 is 14.2 Å². The number of methoxy groups -OCH3 is 2. The third-order valence-electron chi connectivity index (χ3n) is 3.09. The van der Waals surface area contributed by atoms with Gasteiger partial charge in [-0.15, -0.1) is 0 Å². The van der Waals surface area contributed by atoms with Crippen LogP contribution in [-0.2, 0) is 4.79 Å². The lowest BCUT2D eigenvalue weighted by molar-refractivity contribution is -0.132. The summed E-state index contributed by atoms with van der Waals surface area (Å²) < 4.78 is 15.7. The molecule has 0 aliphatic heterocycles. The molecule has 1 aromatic heterocycles. The molecule has 2 aromatic rings. The van der Waals surface area contributed by atoms with Gasteiger partial charge in [0.25, 0.3) is 0 Å². The topological polar surface area (TPSA) is 94.9 Å². The quantitative estimate of drug-likeness (QED) is 0.372. The van der Waals surface area contributed by atoms with Crippen molar-refractivity contribution in [1.82, 2.24) is 9.97 Å². The van der Waals surface area contributed by atoms with Crippen LogP contribution in [0.3, 0.4) is 0 Å². The van der Waals surface area contributed by atoms with E-state index in [-0.39, 0.29) is 5.75 Å². The molecule has 1 N–H and O–H groups in total. The Hall–Kier alpha value is -3.16. The second-order valence-corrected chi connectivity index (χ2v) is 5.19. The van der Waals surface area contributed by atoms with Crippen LogP contribution in [0.4, 0.5) is 5.95 Å². The summed E-state index contributed by atoms with van der Waals surface area (Å²) in [5.74, 6) is 0.883. The predicted octanol–water partition coefficient (Wildman–Crippen LogP) is 2.48. The minimum absolute atomic E-state index is 0.222. The maximum atomic E-state index is 11.2. The van der Waals surface area contributed by atoms with Crippen molar-refractivity contribution in [3.63, 3.8) is 0 Å². The van der Waals surface area contributed by atoms with Gasteiger partial charge in [0.1, 0.15) is 0 Å². The van der Waals surface area contributed by atoms with Crippen molar-refractivity contribution >= 4 is 18.1 Å². The molecule has 0 amide bonds. The van der Waals surface area contributed by atoms with Crippen LogP contribution in [0.5, 0.6) is 17.2 Å². The van der Waals surface area contributed by atoms with E-state index < -0.39 is 5.97 Å². The van der Waals surface area contributed by atoms with Crippen LogP contribution in [0.2, 0.25) is 0 Å². The van der Waals surface area contributed by atoms with E-state index in [0.717, 1.165) is 11.4 Å². The molecule has 0 radical (unpaired) electrons. The molecule has 0 fully saturated rings. The molecule has 8 heteroatoms. The number of nitrogens with one attached hydrogen (secondary N) is 1. The number of aryl methyl sites for hydroxylation is 2. The fraction of sp³-hybridized carbons (Fsp3) is 0.294. The van der Waals surface area contributed by atoms with Crippen LogP contribution in [0.1, 0.15) is 23.9 Å². The molecular formula is C17H20N4O4. The number of hydrogen-bond donors (Lipinski definition) is 1. The van der Waals surface area contributed by atoms with Crippen molar-refractivity contribution < 1.29 is 19.0 Å². The Balaban J connectivity index is 2.25. The van der Waals surface area contributed by atoms with E-state index >= 15 is 0 Å². The first-order chi connectivity index (χ1) is 11.9. The summed E-state index contributed by atoms with van der Waals surface area (Å²) in [7, 11) is 2.95. The van der Waals surface area contributed by atoms with Gasteiger partial charge in [-0.2, -0.15) is 5.10 Å². The van der Waals surface area contributed by atoms with Gasteiger partial charge in [0.2, 0.25) is 11.7 Å². The summed E-state index contributed by atoms with van der Waals surface area (Å²) in [5, 5.41) is 4.12. The standard InChI is InChI=1S/C17H20N4O4/c1-10-6-11(2)20-17(19-10)21-18-9-13-7-14(23-4)16(25-12(3)22)15(8-13)24-5/h6-9H,1-5H3,(H,19,20,21)/b18-9-. The highest BCUT2D eigenvalue weighted by molar-refractivity contribution is 5.83. The monoisotopic (exact) mass is 344 g/mol. The van der Waals surface area contributed by atoms with Crippen molar-refractivity contribution in [2.24, 2.45) is 5.10 Å². The number of rotatable bonds is 6. The van der Waals surface area contributed by atoms with Gasteiger partial charge in [-0.05, 0) is 32.0 Å². The highest BCUT2D eigenvalue weighted by atomic mass is 16.6. The smallest absolute Gasteiger partial charge is 0.308 e. The Morgan fingerprint density at radius 2 is 1.64 bits per heavy atom. The van der Waals surface area contributed by atoms with Crippen LogP contribution < -0.4 is 19.6 Å². The van der Waals surface area contributed by atoms with Gasteiger partial charge in [-0.1, -0.05) is 0 Å². The molecule has 0 bridgehead atoms. The average Bonchev–Trinajstić information content (AvgIpc) is 2.54. The summed E-state index contributed by atoms with van der Waals surface area (Å²) >= 11 is 0. The van der Waals surface area contributed by atoms with Crippen LogP contribution in [-0.4, -0.2) is 36.4 Å². The molecule has 0 saturated carbocycles. The van der Waals surface area contributed by atoms with Gasteiger partial charge in [0.15, 0.2) is 11.5 Å². The second-order valence-electron chi connectivity index (χ2n) is 5.19. The van der Waals surface area contributed by atoms with Crippen molar-refractivity contribution in [2.45, 2.75) is 20.8 Å². The second kappa shape index (κ2) is 8.09. The fourth-order valence-electron chi connectivity index (χ4n) is 2.16. The third-order valence-corrected chi connectivity index (χ3v) is 3.09. The number of aromatic nitrogens is 2. The van der Waals surface area contributed by atoms with Gasteiger partial charge in [-0.3, -0.25) is 4.79 Å². The number of anilines is 1. The Morgan fingerprint density at radius 3 is 2.12 bits per heavy atom. The van der Waals surface area contributed by atoms with Crippen LogP contribution in [0, 0.1) is 13.8 Å². The number of hydrogen-bond acceptors (Lipinski definition) is 8. The molecule has 0 spiro atoms. The molecule has 0 saturated heterocycles. The largest absolute Gasteiger partial charge is 0.493 e. The maximum absolute atomic E-state index is 11.2. The normalized spacial score (nSPS) is 10.6. The Labute approximate surface area is 145 Å². The van der Waals surface area contributed by atoms with Crippen LogP contribution >= 0.6 is 0 Å². The minimum Gasteiger partial charge on any atom is -0.493 e. The van der Waals surface area contributed by atoms with E-state index in [0.29, 0.717) is 23.0 Å². The number of ether oxygens (including phenoxy) is 3. The summed E-state index contributed by atoms with van der Waals surface area (Å²) in [6.07, 6.45) is 1.56. The number of benzene rings is 1. The minimum atomic E-state index is -0.466. The lowest BCUT2D eigenvalue weighted by Gasteiger charge is -2.13. The molecule has 8 nitrogen and oxygen atoms in total. The SMILES string of the molecule is COc1cc(/C=N\Nc2nc(C)cc(C)n2)cc(OC)c1OC(C)=O. The van der Waals surface area contributed by atoms with Crippen LogP contribution in [0.15, 0.2) is 23.3 Å². The maximum Gasteiger partial charge on any atom is 0.308 e. The molecule has 25 heavy (non-hydrogen) atoms. The predicted molar refractivity (Wildman–Crippen MR) is 93.6 cm³/mol. The zero-order valence-electron chi connectivity index (χ0n) is 14.8. The van der Waals surface area contributed by atoms with Gasteiger partial charge >= 0.3 is 5.97 Å². The van der Waals surface area contributed by atoms with Gasteiger partial charge in [0, 0.05) is 23.9 Å². The highest BCUT2D eigenvalue weighted by Crippen LogP contribution is 2.38. The molecule has 0 atom stereocenters. The van der Waals surface area contributed by atoms with E-state index in [9.17, 15) is 4.79 Å². The summed E-state index contributed by atoms with van der Waals surface area (Å²) in [5.41, 5.74) is 5.15. The van der Waals surface area contributed by atoms with Crippen molar-refractivity contribution in [3.05, 3.63) is 35.2 Å². The zero-order chi connectivity index (χ0) is 18.4. The number of carbonyl (C=O) groups excluding carboxylic acids is 1. The lowest BCUT2D eigenvalue weighted by atomic mass is 10.2. The molecule has 2 rings (SSSR count). The summed E-state index contributed by atoms with van der Waals surface area (Å²) in [4.78, 5) is 19.7. The molecular weight excluding hydrogens is 324 g/mol. The van der Waals surface area contributed by atoms with E-state index in [1.54, 1.807) is 18.3 Å². The number of carbonyl (C=O) groups is 1. The Bertz CT molecular complexity index is 760. The van der Waals surface area contributed by atoms with E-state index in [2.05, 4.69) is 20.5 Å². The third kappa shape index (κ3) is 4.90. The number of nitrogens with zero attached hydrogens (tertiary/aromatic N) is 3. The van der Waals surface area contributed by atoms with Crippen LogP contribution in [0.25, 0.3) is 0 Å². The summed E-state index contributed by atoms with van der Waals surface area (Å²) in [6.45, 7) is 5.07. The molecule has 0 aliphatic carbocycles. The molecule has 1 aromatic carbocycles. The Morgan fingerprint density at radius 1 is 1.08 bits per heavy atom.